The van der Waals surface area contributed by atoms with Crippen LogP contribution in [0.2, 0.25) is 10.0 Å². The van der Waals surface area contributed by atoms with Crippen LogP contribution >= 0.6 is 23.2 Å². The average molecular weight is 330 g/mol. The first-order valence-corrected chi connectivity index (χ1v) is 8.16. The van der Waals surface area contributed by atoms with E-state index in [1.165, 1.54) is 32.8 Å². The molecular weight excluding hydrogens is 309 g/mol. The predicted octanol–water partition coefficient (Wildman–Crippen LogP) is 4.52. The smallest absolute Gasteiger partial charge is 0.327 e. The molecule has 1 atom stereocenters. The van der Waals surface area contributed by atoms with E-state index >= 15 is 0 Å². The molecule has 0 aromatic heterocycles. The first kappa shape index (κ1) is 16.6. The Hall–Kier alpha value is -0.770. The summed E-state index contributed by atoms with van der Waals surface area (Å²) in [4.78, 5) is 12.1. The van der Waals surface area contributed by atoms with Crippen LogP contribution in [0.5, 0.6) is 0 Å². The molecule has 3 nitrogen and oxygen atoms in total. The second-order valence-corrected chi connectivity index (χ2v) is 6.32. The maximum absolute atomic E-state index is 12.1. The van der Waals surface area contributed by atoms with E-state index in [1.807, 2.05) is 0 Å². The van der Waals surface area contributed by atoms with Gasteiger partial charge >= 0.3 is 5.97 Å². The Labute approximate surface area is 136 Å². The Bertz CT molecular complexity index is 485. The highest BCUT2D eigenvalue weighted by molar-refractivity contribution is 6.33. The minimum Gasteiger partial charge on any atom is -0.468 e. The number of carbonyl (C=O) groups excluding carboxylic acids is 1. The number of ether oxygens (including phenoxy) is 1. The largest absolute Gasteiger partial charge is 0.468 e. The van der Waals surface area contributed by atoms with E-state index in [0.717, 1.165) is 12.8 Å². The summed E-state index contributed by atoms with van der Waals surface area (Å²) in [6, 6.07) is 4.91. The van der Waals surface area contributed by atoms with E-state index in [-0.39, 0.29) is 5.97 Å². The number of hydrogen-bond donors (Lipinski definition) is 1. The lowest BCUT2D eigenvalue weighted by Crippen LogP contribution is -2.37. The van der Waals surface area contributed by atoms with Crippen LogP contribution in [0, 0.1) is 0 Å². The van der Waals surface area contributed by atoms with Gasteiger partial charge in [-0.15, -0.1) is 0 Å². The van der Waals surface area contributed by atoms with Gasteiger partial charge in [-0.2, -0.15) is 0 Å². The van der Waals surface area contributed by atoms with Gasteiger partial charge in [0.15, 0.2) is 0 Å². The molecule has 0 amide bonds. The van der Waals surface area contributed by atoms with Crippen molar-refractivity contribution in [2.24, 2.45) is 0 Å². The van der Waals surface area contributed by atoms with Crippen LogP contribution in [0.1, 0.15) is 50.1 Å². The summed E-state index contributed by atoms with van der Waals surface area (Å²) in [5.41, 5.74) is 0.681. The van der Waals surface area contributed by atoms with Gasteiger partial charge in [0, 0.05) is 21.7 Å². The summed E-state index contributed by atoms with van der Waals surface area (Å²) in [5.74, 6) is -0.330. The second-order valence-electron chi connectivity index (χ2n) is 5.48. The first-order valence-electron chi connectivity index (χ1n) is 7.40. The van der Waals surface area contributed by atoms with Gasteiger partial charge in [-0.25, -0.2) is 4.79 Å². The van der Waals surface area contributed by atoms with E-state index in [9.17, 15) is 4.79 Å². The van der Waals surface area contributed by atoms with Crippen molar-refractivity contribution in [3.63, 3.8) is 0 Å². The third-order valence-corrected chi connectivity index (χ3v) is 4.54. The van der Waals surface area contributed by atoms with Gasteiger partial charge in [-0.3, -0.25) is 5.32 Å². The zero-order chi connectivity index (χ0) is 15.2. The van der Waals surface area contributed by atoms with Gasteiger partial charge < -0.3 is 4.74 Å². The molecule has 1 fully saturated rings. The zero-order valence-electron chi connectivity index (χ0n) is 12.2. The first-order chi connectivity index (χ1) is 10.1. The maximum Gasteiger partial charge on any atom is 0.327 e. The number of benzene rings is 1. The monoisotopic (exact) mass is 329 g/mol. The molecule has 0 saturated heterocycles. The number of carbonyl (C=O) groups is 1. The fourth-order valence-corrected chi connectivity index (χ4v) is 3.23. The molecule has 0 aliphatic heterocycles. The van der Waals surface area contributed by atoms with E-state index in [2.05, 4.69) is 5.32 Å². The summed E-state index contributed by atoms with van der Waals surface area (Å²) in [6.45, 7) is 0. The van der Waals surface area contributed by atoms with E-state index < -0.39 is 6.04 Å². The van der Waals surface area contributed by atoms with Gasteiger partial charge in [0.25, 0.3) is 0 Å². The Balaban J connectivity index is 2.21. The molecule has 1 aromatic carbocycles. The molecule has 1 aliphatic carbocycles. The van der Waals surface area contributed by atoms with Crippen molar-refractivity contribution < 1.29 is 9.53 Å². The van der Waals surface area contributed by atoms with Crippen molar-refractivity contribution in [2.75, 3.05) is 7.11 Å². The Morgan fingerprint density at radius 2 is 1.90 bits per heavy atom. The van der Waals surface area contributed by atoms with Gasteiger partial charge in [0.2, 0.25) is 0 Å². The fraction of sp³-hybridized carbons (Fsp3) is 0.562. The third-order valence-electron chi connectivity index (χ3n) is 3.96. The zero-order valence-corrected chi connectivity index (χ0v) is 13.7. The van der Waals surface area contributed by atoms with Gasteiger partial charge in [-0.1, -0.05) is 48.9 Å². The SMILES string of the molecule is COC(=O)C(NC1CCCCCC1)c1cc(Cl)ccc1Cl. The summed E-state index contributed by atoms with van der Waals surface area (Å²) in [6.07, 6.45) is 7.05. The van der Waals surface area contributed by atoms with Crippen LogP contribution in [-0.2, 0) is 9.53 Å². The Morgan fingerprint density at radius 3 is 2.52 bits per heavy atom. The highest BCUT2D eigenvalue weighted by atomic mass is 35.5. The van der Waals surface area contributed by atoms with Crippen molar-refractivity contribution >= 4 is 29.2 Å². The number of nitrogens with one attached hydrogen (secondary N) is 1. The lowest BCUT2D eigenvalue weighted by atomic mass is 10.0. The van der Waals surface area contributed by atoms with E-state index in [0.29, 0.717) is 21.7 Å². The standard InChI is InChI=1S/C16H21Cl2NO2/c1-21-16(20)15(13-10-11(17)8-9-14(13)18)19-12-6-4-2-3-5-7-12/h8-10,12,15,19H,2-7H2,1H3. The number of rotatable bonds is 4. The molecule has 2 rings (SSSR count). The summed E-state index contributed by atoms with van der Waals surface area (Å²) >= 11 is 12.3. The molecule has 1 N–H and O–H groups in total. The number of methoxy groups -OCH3 is 1. The molecule has 0 spiro atoms. The molecule has 21 heavy (non-hydrogen) atoms. The van der Waals surface area contributed by atoms with Crippen LogP contribution in [0.3, 0.4) is 0 Å². The van der Waals surface area contributed by atoms with Crippen LogP contribution < -0.4 is 5.32 Å². The minimum atomic E-state index is -0.565. The average Bonchev–Trinajstić information content (AvgIpc) is 2.75. The van der Waals surface area contributed by atoms with E-state index in [4.69, 9.17) is 27.9 Å². The minimum absolute atomic E-state index is 0.312. The normalized spacial score (nSPS) is 18.0. The van der Waals surface area contributed by atoms with E-state index in [1.54, 1.807) is 18.2 Å². The lowest BCUT2D eigenvalue weighted by molar-refractivity contribution is -0.143. The summed E-state index contributed by atoms with van der Waals surface area (Å²) in [5, 5.41) is 4.50. The number of halogens is 2. The highest BCUT2D eigenvalue weighted by Gasteiger charge is 2.27. The van der Waals surface area contributed by atoms with Crippen molar-refractivity contribution in [3.05, 3.63) is 33.8 Å². The molecule has 1 saturated carbocycles. The molecular formula is C16H21Cl2NO2. The van der Waals surface area contributed by atoms with Crippen LogP contribution in [-0.4, -0.2) is 19.1 Å². The predicted molar refractivity (Wildman–Crippen MR) is 85.8 cm³/mol. The van der Waals surface area contributed by atoms with Crippen LogP contribution in [0.4, 0.5) is 0 Å². The molecule has 5 heteroatoms. The van der Waals surface area contributed by atoms with Crippen molar-refractivity contribution in [1.29, 1.82) is 0 Å². The molecule has 0 bridgehead atoms. The van der Waals surface area contributed by atoms with Crippen LogP contribution in [0.25, 0.3) is 0 Å². The number of esters is 1. The summed E-state index contributed by atoms with van der Waals surface area (Å²) < 4.78 is 4.93. The summed E-state index contributed by atoms with van der Waals surface area (Å²) in [7, 11) is 1.39. The van der Waals surface area contributed by atoms with Crippen molar-refractivity contribution in [3.8, 4) is 0 Å². The molecule has 1 unspecified atom stereocenters. The van der Waals surface area contributed by atoms with Gasteiger partial charge in [-0.05, 0) is 31.0 Å². The molecule has 0 radical (unpaired) electrons. The van der Waals surface area contributed by atoms with Crippen molar-refractivity contribution in [2.45, 2.75) is 50.6 Å². The molecule has 1 aliphatic rings. The van der Waals surface area contributed by atoms with Gasteiger partial charge in [0.1, 0.15) is 6.04 Å². The third kappa shape index (κ3) is 4.60. The Morgan fingerprint density at radius 1 is 1.24 bits per heavy atom. The lowest BCUT2D eigenvalue weighted by Gasteiger charge is -2.24. The Kier molecular flexibility index (Phi) is 6.34. The molecule has 116 valence electrons. The molecule has 0 heterocycles. The second kappa shape index (κ2) is 8.02. The maximum atomic E-state index is 12.1. The fourth-order valence-electron chi connectivity index (χ4n) is 2.82. The van der Waals surface area contributed by atoms with Crippen molar-refractivity contribution in [1.82, 2.24) is 5.32 Å². The quantitative estimate of drug-likeness (QED) is 0.651. The topological polar surface area (TPSA) is 38.3 Å². The van der Waals surface area contributed by atoms with Gasteiger partial charge in [0.05, 0.1) is 7.11 Å². The number of hydrogen-bond acceptors (Lipinski definition) is 3. The van der Waals surface area contributed by atoms with Crippen LogP contribution in [0.15, 0.2) is 18.2 Å². The molecule has 1 aromatic rings. The highest BCUT2D eigenvalue weighted by Crippen LogP contribution is 2.29.